The fraction of sp³-hybridized carbons (Fsp3) is 0.483. The zero-order valence-corrected chi connectivity index (χ0v) is 21.0. The van der Waals surface area contributed by atoms with E-state index < -0.39 is 0 Å². The molecule has 2 aromatic carbocycles. The number of aromatic nitrogens is 1. The molecule has 5 rings (SSSR count). The predicted molar refractivity (Wildman–Crippen MR) is 135 cm³/mol. The van der Waals surface area contributed by atoms with Crippen molar-refractivity contribution in [3.8, 4) is 5.75 Å². The van der Waals surface area contributed by atoms with Crippen LogP contribution in [0.3, 0.4) is 0 Å². The number of benzene rings is 2. The lowest BCUT2D eigenvalue weighted by Crippen LogP contribution is -2.69. The van der Waals surface area contributed by atoms with Crippen molar-refractivity contribution < 1.29 is 14.3 Å². The molecular formula is C29H36N2O3. The zero-order chi connectivity index (χ0) is 24.1. The van der Waals surface area contributed by atoms with E-state index >= 15 is 0 Å². The van der Waals surface area contributed by atoms with Crippen molar-refractivity contribution >= 4 is 16.9 Å². The van der Waals surface area contributed by atoms with Crippen molar-refractivity contribution in [3.63, 3.8) is 0 Å². The third kappa shape index (κ3) is 3.90. The van der Waals surface area contributed by atoms with Crippen molar-refractivity contribution in [2.45, 2.75) is 59.6 Å². The quantitative estimate of drug-likeness (QED) is 0.432. The number of ether oxygens (including phenoxy) is 2. The molecule has 2 atom stereocenters. The maximum absolute atomic E-state index is 12.9. The van der Waals surface area contributed by atoms with E-state index in [2.05, 4.69) is 37.6 Å². The van der Waals surface area contributed by atoms with Crippen molar-refractivity contribution in [1.29, 1.82) is 0 Å². The molecule has 1 saturated carbocycles. The highest BCUT2D eigenvalue weighted by Gasteiger charge is 2.65. The largest absolute Gasteiger partial charge is 0.492 e. The first-order chi connectivity index (χ1) is 16.1. The van der Waals surface area contributed by atoms with Crippen LogP contribution >= 0.6 is 0 Å². The van der Waals surface area contributed by atoms with Gasteiger partial charge in [0.25, 0.3) is 0 Å². The molecule has 0 amide bonds. The molecule has 5 heteroatoms. The van der Waals surface area contributed by atoms with Crippen LogP contribution < -0.4 is 4.74 Å². The standard InChI is InChI=1S/C29H36N2O3/c1-20-25(26(32)34-16-21-9-7-6-8-10-21)23-15-22(11-12-24(23)30-20)33-14-13-31-19-28(4)17-27(2,3)18-29(28,31)5/h6-12,15,30H,13-14,16-19H2,1-5H3. The molecule has 5 nitrogen and oxygen atoms in total. The van der Waals surface area contributed by atoms with E-state index in [0.29, 0.717) is 23.0 Å². The van der Waals surface area contributed by atoms with Crippen LogP contribution in [0.4, 0.5) is 0 Å². The molecule has 1 aliphatic heterocycles. The minimum absolute atomic E-state index is 0.256. The molecule has 1 N–H and O–H groups in total. The van der Waals surface area contributed by atoms with E-state index in [1.54, 1.807) is 0 Å². The van der Waals surface area contributed by atoms with Crippen molar-refractivity contribution in [1.82, 2.24) is 9.88 Å². The Labute approximate surface area is 202 Å². The van der Waals surface area contributed by atoms with Gasteiger partial charge in [0.1, 0.15) is 19.0 Å². The molecule has 2 fully saturated rings. The van der Waals surface area contributed by atoms with Gasteiger partial charge in [-0.05, 0) is 61.3 Å². The number of aryl methyl sites for hydroxylation is 1. The second-order valence-electron chi connectivity index (χ2n) is 11.5. The molecule has 1 aromatic heterocycles. The Morgan fingerprint density at radius 1 is 1.06 bits per heavy atom. The van der Waals surface area contributed by atoms with Gasteiger partial charge in [0.2, 0.25) is 0 Å². The molecule has 180 valence electrons. The molecule has 3 aromatic rings. The van der Waals surface area contributed by atoms with Gasteiger partial charge in [-0.1, -0.05) is 51.1 Å². The van der Waals surface area contributed by atoms with Crippen LogP contribution in [-0.2, 0) is 11.3 Å². The zero-order valence-electron chi connectivity index (χ0n) is 21.0. The van der Waals surface area contributed by atoms with E-state index in [0.717, 1.165) is 41.0 Å². The average molecular weight is 461 g/mol. The van der Waals surface area contributed by atoms with Gasteiger partial charge >= 0.3 is 5.97 Å². The van der Waals surface area contributed by atoms with Crippen LogP contribution in [-0.4, -0.2) is 41.1 Å². The topological polar surface area (TPSA) is 54.6 Å². The van der Waals surface area contributed by atoms with E-state index in [1.165, 1.54) is 12.8 Å². The highest BCUT2D eigenvalue weighted by molar-refractivity contribution is 6.05. The lowest BCUT2D eigenvalue weighted by Gasteiger charge is -2.61. The smallest absolute Gasteiger partial charge is 0.340 e. The first-order valence-corrected chi connectivity index (χ1v) is 12.3. The molecule has 1 saturated heterocycles. The number of nitrogens with one attached hydrogen (secondary N) is 1. The summed E-state index contributed by atoms with van der Waals surface area (Å²) in [5, 5.41) is 0.842. The normalized spacial score (nSPS) is 25.7. The molecule has 2 heterocycles. The third-order valence-corrected chi connectivity index (χ3v) is 8.23. The Morgan fingerprint density at radius 3 is 2.56 bits per heavy atom. The molecule has 0 bridgehead atoms. The predicted octanol–water partition coefficient (Wildman–Crippen LogP) is 6.11. The number of aromatic amines is 1. The highest BCUT2D eigenvalue weighted by Crippen LogP contribution is 2.63. The number of fused-ring (bicyclic) bond motifs is 2. The summed E-state index contributed by atoms with van der Waals surface area (Å²) in [6.07, 6.45) is 2.53. The van der Waals surface area contributed by atoms with Crippen LogP contribution in [0.1, 0.15) is 62.2 Å². The van der Waals surface area contributed by atoms with Gasteiger partial charge in [-0.2, -0.15) is 0 Å². The summed E-state index contributed by atoms with van der Waals surface area (Å²) in [6.45, 7) is 14.5. The fourth-order valence-electron chi connectivity index (χ4n) is 6.73. The minimum Gasteiger partial charge on any atom is -0.492 e. The number of hydrogen-bond donors (Lipinski definition) is 1. The Balaban J connectivity index is 1.24. The number of hydrogen-bond acceptors (Lipinski definition) is 4. The first-order valence-electron chi connectivity index (χ1n) is 12.3. The maximum Gasteiger partial charge on any atom is 0.340 e. The number of carbonyl (C=O) groups is 1. The third-order valence-electron chi connectivity index (χ3n) is 8.23. The lowest BCUT2D eigenvalue weighted by molar-refractivity contribution is -0.120. The minimum atomic E-state index is -0.318. The second-order valence-corrected chi connectivity index (χ2v) is 11.5. The summed E-state index contributed by atoms with van der Waals surface area (Å²) < 4.78 is 11.8. The molecule has 2 aliphatic rings. The monoisotopic (exact) mass is 460 g/mol. The van der Waals surface area contributed by atoms with Crippen LogP contribution in [0.15, 0.2) is 48.5 Å². The van der Waals surface area contributed by atoms with Gasteiger partial charge in [-0.3, -0.25) is 4.90 Å². The molecule has 0 radical (unpaired) electrons. The summed E-state index contributed by atoms with van der Waals surface area (Å²) >= 11 is 0. The molecule has 34 heavy (non-hydrogen) atoms. The maximum atomic E-state index is 12.9. The number of rotatable bonds is 7. The number of H-pyrrole nitrogens is 1. The molecular weight excluding hydrogens is 424 g/mol. The molecule has 1 aliphatic carbocycles. The fourth-order valence-corrected chi connectivity index (χ4v) is 6.73. The summed E-state index contributed by atoms with van der Waals surface area (Å²) in [5.74, 6) is 0.463. The lowest BCUT2D eigenvalue weighted by atomic mass is 9.65. The number of likely N-dealkylation sites (tertiary alicyclic amines) is 1. The Morgan fingerprint density at radius 2 is 1.82 bits per heavy atom. The van der Waals surface area contributed by atoms with E-state index in [9.17, 15) is 4.79 Å². The number of carbonyl (C=O) groups excluding carboxylic acids is 1. The van der Waals surface area contributed by atoms with E-state index in [1.807, 2.05) is 55.5 Å². The SMILES string of the molecule is Cc1[nH]c2ccc(OCCN3CC4(C)CC(C)(C)CC34C)cc2c1C(=O)OCc1ccccc1. The summed E-state index contributed by atoms with van der Waals surface area (Å²) in [5.41, 5.74) is 4.35. The Kier molecular flexibility index (Phi) is 5.51. The van der Waals surface area contributed by atoms with E-state index in [4.69, 9.17) is 9.47 Å². The van der Waals surface area contributed by atoms with Gasteiger partial charge < -0.3 is 14.5 Å². The van der Waals surface area contributed by atoms with Gasteiger partial charge in [0.05, 0.1) is 5.56 Å². The Hall–Kier alpha value is -2.79. The van der Waals surface area contributed by atoms with Crippen molar-refractivity contribution in [2.75, 3.05) is 19.7 Å². The van der Waals surface area contributed by atoms with Gasteiger partial charge in [-0.15, -0.1) is 0 Å². The summed E-state index contributed by atoms with van der Waals surface area (Å²) in [7, 11) is 0. The van der Waals surface area contributed by atoms with Crippen molar-refractivity contribution in [3.05, 3.63) is 65.4 Å². The van der Waals surface area contributed by atoms with Crippen LogP contribution in [0.2, 0.25) is 0 Å². The average Bonchev–Trinajstić information content (AvgIpc) is 3.18. The van der Waals surface area contributed by atoms with Gasteiger partial charge in [0.15, 0.2) is 0 Å². The molecule has 2 unspecified atom stereocenters. The summed E-state index contributed by atoms with van der Waals surface area (Å²) in [6, 6.07) is 15.6. The van der Waals surface area contributed by atoms with Crippen LogP contribution in [0, 0.1) is 17.8 Å². The highest BCUT2D eigenvalue weighted by atomic mass is 16.5. The van der Waals surface area contributed by atoms with Gasteiger partial charge in [0, 0.05) is 35.2 Å². The van der Waals surface area contributed by atoms with Crippen LogP contribution in [0.25, 0.3) is 10.9 Å². The Bertz CT molecular complexity index is 1210. The van der Waals surface area contributed by atoms with Gasteiger partial charge in [-0.25, -0.2) is 4.79 Å². The number of esters is 1. The first kappa shape index (κ1) is 23.0. The molecule has 0 spiro atoms. The van der Waals surface area contributed by atoms with E-state index in [-0.39, 0.29) is 18.1 Å². The van der Waals surface area contributed by atoms with Crippen molar-refractivity contribution in [2.24, 2.45) is 10.8 Å². The summed E-state index contributed by atoms with van der Waals surface area (Å²) in [4.78, 5) is 18.8. The number of nitrogens with zero attached hydrogens (tertiary/aromatic N) is 1. The second kappa shape index (κ2) is 8.16. The van der Waals surface area contributed by atoms with Crippen LogP contribution in [0.5, 0.6) is 5.75 Å².